The number of ether oxygens (including phenoxy) is 1. The van der Waals surface area contributed by atoms with Crippen molar-refractivity contribution in [1.82, 2.24) is 0 Å². The lowest BCUT2D eigenvalue weighted by Crippen LogP contribution is -2.39. The van der Waals surface area contributed by atoms with Crippen LogP contribution in [-0.4, -0.2) is 30.9 Å². The fraction of sp³-hybridized carbons (Fsp3) is 0.333. The Morgan fingerprint density at radius 1 is 1.15 bits per heavy atom. The monoisotopic (exact) mass is 348 g/mol. The highest BCUT2D eigenvalue weighted by atomic mass is 16.5. The summed E-state index contributed by atoms with van der Waals surface area (Å²) >= 11 is 0. The second kappa shape index (κ2) is 5.87. The van der Waals surface area contributed by atoms with E-state index < -0.39 is 11.5 Å². The maximum atomic E-state index is 13.5. The normalized spacial score (nSPS) is 23.5. The summed E-state index contributed by atoms with van der Waals surface area (Å²) in [5.41, 5.74) is 4.18. The maximum Gasteiger partial charge on any atom is 0.338 e. The minimum absolute atomic E-state index is 0.0135. The molecular formula is C21H20N2O3. The third-order valence-corrected chi connectivity index (χ3v) is 5.65. The molecular weight excluding hydrogens is 328 g/mol. The van der Waals surface area contributed by atoms with E-state index in [1.165, 1.54) is 7.11 Å². The van der Waals surface area contributed by atoms with Crippen LogP contribution < -0.4 is 0 Å². The first kappa shape index (κ1) is 16.6. The Kier molecular flexibility index (Phi) is 3.75. The first-order valence-corrected chi connectivity index (χ1v) is 8.69. The quantitative estimate of drug-likeness (QED) is 0.775. The Hall–Kier alpha value is -2.82. The number of esters is 1. The summed E-state index contributed by atoms with van der Waals surface area (Å²) in [6.45, 7) is 4.37. The maximum absolute atomic E-state index is 13.5. The van der Waals surface area contributed by atoms with Crippen molar-refractivity contribution in [2.75, 3.05) is 13.7 Å². The number of Topliss-reactive ketones (excluding diaryl/α,β-unsaturated/α-hetero) is 1. The summed E-state index contributed by atoms with van der Waals surface area (Å²) in [6, 6.07) is 11.3. The minimum atomic E-state index is -0.955. The van der Waals surface area contributed by atoms with Crippen molar-refractivity contribution in [3.05, 3.63) is 69.8 Å². The number of rotatable bonds is 2. The minimum Gasteiger partial charge on any atom is -0.465 e. The molecule has 132 valence electrons. The first-order valence-electron chi connectivity index (χ1n) is 8.69. The number of methoxy groups -OCH3 is 1. The van der Waals surface area contributed by atoms with Crippen molar-refractivity contribution in [2.24, 2.45) is 10.2 Å². The smallest absolute Gasteiger partial charge is 0.338 e. The molecule has 0 saturated carbocycles. The molecule has 2 aliphatic rings. The molecule has 0 unspecified atom stereocenters. The van der Waals surface area contributed by atoms with E-state index in [1.807, 2.05) is 38.1 Å². The van der Waals surface area contributed by atoms with Gasteiger partial charge in [0.15, 0.2) is 11.3 Å². The number of aryl methyl sites for hydroxylation is 2. The van der Waals surface area contributed by atoms with Crippen molar-refractivity contribution in [2.45, 2.75) is 31.7 Å². The van der Waals surface area contributed by atoms with E-state index in [2.05, 4.69) is 10.2 Å². The van der Waals surface area contributed by atoms with Crippen LogP contribution >= 0.6 is 0 Å². The summed E-state index contributed by atoms with van der Waals surface area (Å²) in [5.74, 6) is -0.658. The molecule has 1 aliphatic carbocycles. The van der Waals surface area contributed by atoms with Gasteiger partial charge in [-0.25, -0.2) is 4.79 Å². The van der Waals surface area contributed by atoms with Gasteiger partial charge in [0.1, 0.15) is 0 Å². The molecule has 0 saturated heterocycles. The third kappa shape index (κ3) is 2.16. The van der Waals surface area contributed by atoms with E-state index in [0.717, 1.165) is 27.8 Å². The van der Waals surface area contributed by atoms with Gasteiger partial charge in [0, 0.05) is 17.9 Å². The number of benzene rings is 2. The van der Waals surface area contributed by atoms with Crippen LogP contribution in [-0.2, 0) is 11.2 Å². The molecule has 0 radical (unpaired) electrons. The van der Waals surface area contributed by atoms with E-state index in [1.54, 1.807) is 12.1 Å². The van der Waals surface area contributed by atoms with Crippen LogP contribution in [0.25, 0.3) is 0 Å². The lowest BCUT2D eigenvalue weighted by molar-refractivity contribution is 0.0597. The second-order valence-corrected chi connectivity index (χ2v) is 7.04. The molecule has 4 rings (SSSR count). The fourth-order valence-corrected chi connectivity index (χ4v) is 4.26. The number of nitrogens with zero attached hydrogens (tertiary/aromatic N) is 2. The van der Waals surface area contributed by atoms with Crippen LogP contribution in [0.4, 0.5) is 0 Å². The SMILES string of the molecule is COC(=O)c1ccccc1[C@@H]1CN=N[C@@]12Cc1c(C)ccc(C)c1C2=O. The summed E-state index contributed by atoms with van der Waals surface area (Å²) < 4.78 is 4.93. The van der Waals surface area contributed by atoms with Crippen LogP contribution in [0.5, 0.6) is 0 Å². The molecule has 2 aromatic carbocycles. The Labute approximate surface area is 152 Å². The Morgan fingerprint density at radius 2 is 1.88 bits per heavy atom. The number of hydrogen-bond donors (Lipinski definition) is 0. The Bertz CT molecular complexity index is 964. The molecule has 1 heterocycles. The van der Waals surface area contributed by atoms with Gasteiger partial charge in [0.2, 0.25) is 0 Å². The van der Waals surface area contributed by atoms with Gasteiger partial charge < -0.3 is 4.74 Å². The van der Waals surface area contributed by atoms with Crippen molar-refractivity contribution >= 4 is 11.8 Å². The van der Waals surface area contributed by atoms with Crippen LogP contribution in [0.3, 0.4) is 0 Å². The number of azo groups is 1. The van der Waals surface area contributed by atoms with E-state index in [4.69, 9.17) is 4.74 Å². The van der Waals surface area contributed by atoms with E-state index in [-0.39, 0.29) is 11.7 Å². The van der Waals surface area contributed by atoms with Crippen molar-refractivity contribution < 1.29 is 14.3 Å². The number of carbonyl (C=O) groups excluding carboxylic acids is 2. The first-order chi connectivity index (χ1) is 12.5. The molecule has 26 heavy (non-hydrogen) atoms. The largest absolute Gasteiger partial charge is 0.465 e. The van der Waals surface area contributed by atoms with Gasteiger partial charge >= 0.3 is 5.97 Å². The molecule has 5 nitrogen and oxygen atoms in total. The lowest BCUT2D eigenvalue weighted by atomic mass is 9.76. The molecule has 1 spiro atoms. The highest BCUT2D eigenvalue weighted by molar-refractivity contribution is 6.10. The molecule has 0 bridgehead atoms. The zero-order valence-electron chi connectivity index (χ0n) is 15.1. The van der Waals surface area contributed by atoms with Gasteiger partial charge in [0.25, 0.3) is 0 Å². The average Bonchev–Trinajstić information content (AvgIpc) is 3.21. The van der Waals surface area contributed by atoms with E-state index >= 15 is 0 Å². The molecule has 0 amide bonds. The van der Waals surface area contributed by atoms with Crippen LogP contribution in [0.1, 0.15) is 48.9 Å². The molecule has 1 aliphatic heterocycles. The van der Waals surface area contributed by atoms with Crippen molar-refractivity contribution in [3.63, 3.8) is 0 Å². The summed E-state index contributed by atoms with van der Waals surface area (Å²) in [6.07, 6.45) is 0.526. The summed E-state index contributed by atoms with van der Waals surface area (Å²) in [5, 5.41) is 8.70. The molecule has 5 heteroatoms. The highest BCUT2D eigenvalue weighted by Crippen LogP contribution is 2.48. The van der Waals surface area contributed by atoms with Crippen LogP contribution in [0.15, 0.2) is 46.6 Å². The zero-order valence-corrected chi connectivity index (χ0v) is 15.1. The standard InChI is InChI=1S/C21H20N2O3/c1-12-8-9-13(2)18-16(12)10-21(19(18)24)17(11-22-23-21)14-6-4-5-7-15(14)20(25)26-3/h4-9,17H,10-11H2,1-3H3/t17-,21-/m0/s1. The molecule has 2 atom stereocenters. The third-order valence-electron chi connectivity index (χ3n) is 5.65. The molecule has 0 aromatic heterocycles. The summed E-state index contributed by atoms with van der Waals surface area (Å²) in [7, 11) is 1.36. The number of carbonyl (C=O) groups is 2. The topological polar surface area (TPSA) is 68.1 Å². The molecule has 0 fully saturated rings. The van der Waals surface area contributed by atoms with Gasteiger partial charge in [-0.2, -0.15) is 10.2 Å². The number of ketones is 1. The van der Waals surface area contributed by atoms with Gasteiger partial charge in [-0.05, 0) is 42.2 Å². The van der Waals surface area contributed by atoms with Crippen LogP contribution in [0.2, 0.25) is 0 Å². The van der Waals surface area contributed by atoms with Gasteiger partial charge in [0.05, 0.1) is 19.2 Å². The van der Waals surface area contributed by atoms with Crippen LogP contribution in [0, 0.1) is 13.8 Å². The molecule has 2 aromatic rings. The van der Waals surface area contributed by atoms with E-state index in [0.29, 0.717) is 18.5 Å². The molecule has 0 N–H and O–H groups in total. The van der Waals surface area contributed by atoms with Gasteiger partial charge in [-0.15, -0.1) is 0 Å². The predicted molar refractivity (Wildman–Crippen MR) is 96.9 cm³/mol. The van der Waals surface area contributed by atoms with Crippen molar-refractivity contribution in [3.8, 4) is 0 Å². The van der Waals surface area contributed by atoms with Crippen molar-refractivity contribution in [1.29, 1.82) is 0 Å². The fourth-order valence-electron chi connectivity index (χ4n) is 4.26. The number of hydrogen-bond acceptors (Lipinski definition) is 5. The predicted octanol–water partition coefficient (Wildman–Crippen LogP) is 3.82. The Balaban J connectivity index is 1.86. The number of fused-ring (bicyclic) bond motifs is 1. The average molecular weight is 348 g/mol. The second-order valence-electron chi connectivity index (χ2n) is 7.04. The van der Waals surface area contributed by atoms with Gasteiger partial charge in [-0.1, -0.05) is 30.3 Å². The highest BCUT2D eigenvalue weighted by Gasteiger charge is 2.55. The zero-order chi connectivity index (χ0) is 18.5. The Morgan fingerprint density at radius 3 is 2.62 bits per heavy atom. The lowest BCUT2D eigenvalue weighted by Gasteiger charge is -2.27. The van der Waals surface area contributed by atoms with Gasteiger partial charge in [-0.3, -0.25) is 4.79 Å². The summed E-state index contributed by atoms with van der Waals surface area (Å²) in [4.78, 5) is 25.7. The van der Waals surface area contributed by atoms with E-state index in [9.17, 15) is 9.59 Å².